The summed E-state index contributed by atoms with van der Waals surface area (Å²) in [6, 6.07) is 4.52. The van der Waals surface area contributed by atoms with Gasteiger partial charge in [-0.05, 0) is 63.1 Å². The zero-order chi connectivity index (χ0) is 17.1. The summed E-state index contributed by atoms with van der Waals surface area (Å²) in [4.78, 5) is 10.0. The lowest BCUT2D eigenvalue weighted by Gasteiger charge is -2.44. The Morgan fingerprint density at radius 2 is 1.92 bits per heavy atom. The molecule has 1 aromatic carbocycles. The number of hydrogen-bond donors (Lipinski definition) is 1. The normalized spacial score (nSPS) is 34.6. The number of ether oxygens (including phenoxy) is 1. The van der Waals surface area contributed by atoms with E-state index in [0.717, 1.165) is 42.3 Å². The van der Waals surface area contributed by atoms with E-state index in [1.807, 2.05) is 14.0 Å². The van der Waals surface area contributed by atoms with E-state index >= 15 is 0 Å². The van der Waals surface area contributed by atoms with E-state index in [-0.39, 0.29) is 5.41 Å². The summed E-state index contributed by atoms with van der Waals surface area (Å²) in [6.45, 7) is 4.12. The second-order valence-electron chi connectivity index (χ2n) is 7.52. The number of nitrogens with zero attached hydrogens (tertiary/aromatic N) is 2. The van der Waals surface area contributed by atoms with Crippen molar-refractivity contribution in [3.8, 4) is 0 Å². The van der Waals surface area contributed by atoms with Crippen molar-refractivity contribution in [2.75, 3.05) is 7.11 Å². The SMILES string of the molecule is CO[C@H]1CC[C@]2(CC1)Cc1cc(C)c(Br)cc1C21N=C(C)C(N)=N1. The smallest absolute Gasteiger partial charge is 0.184 e. The van der Waals surface area contributed by atoms with Gasteiger partial charge in [0.25, 0.3) is 0 Å². The maximum absolute atomic E-state index is 6.18. The fourth-order valence-electron chi connectivity index (χ4n) is 4.83. The lowest BCUT2D eigenvalue weighted by atomic mass is 9.65. The zero-order valence-corrected chi connectivity index (χ0v) is 16.1. The van der Waals surface area contributed by atoms with Gasteiger partial charge in [-0.2, -0.15) is 0 Å². The third-order valence-electron chi connectivity index (χ3n) is 6.23. The molecule has 1 aromatic rings. The predicted molar refractivity (Wildman–Crippen MR) is 101 cm³/mol. The maximum atomic E-state index is 6.18. The van der Waals surface area contributed by atoms with E-state index in [9.17, 15) is 0 Å². The number of aryl methyl sites for hydroxylation is 1. The van der Waals surface area contributed by atoms with Crippen LogP contribution in [0.15, 0.2) is 26.6 Å². The summed E-state index contributed by atoms with van der Waals surface area (Å²) < 4.78 is 6.72. The Hall–Kier alpha value is -1.20. The summed E-state index contributed by atoms with van der Waals surface area (Å²) in [6.07, 6.45) is 5.67. The van der Waals surface area contributed by atoms with Gasteiger partial charge in [0.2, 0.25) is 0 Å². The third kappa shape index (κ3) is 2.07. The lowest BCUT2D eigenvalue weighted by Crippen LogP contribution is -2.43. The van der Waals surface area contributed by atoms with Gasteiger partial charge in [-0.3, -0.25) is 4.99 Å². The van der Waals surface area contributed by atoms with Crippen LogP contribution in [0.25, 0.3) is 0 Å². The molecule has 1 aliphatic heterocycles. The van der Waals surface area contributed by atoms with Crippen molar-refractivity contribution in [1.82, 2.24) is 0 Å². The molecule has 4 rings (SSSR count). The Balaban J connectivity index is 1.88. The van der Waals surface area contributed by atoms with Gasteiger partial charge in [0.05, 0.1) is 11.8 Å². The van der Waals surface area contributed by atoms with E-state index in [2.05, 4.69) is 35.0 Å². The van der Waals surface area contributed by atoms with Crippen LogP contribution in [0, 0.1) is 12.3 Å². The van der Waals surface area contributed by atoms with Gasteiger partial charge in [0.1, 0.15) is 5.84 Å². The van der Waals surface area contributed by atoms with Gasteiger partial charge in [-0.25, -0.2) is 4.99 Å². The van der Waals surface area contributed by atoms with Crippen LogP contribution in [0.3, 0.4) is 0 Å². The molecule has 24 heavy (non-hydrogen) atoms. The molecule has 2 spiro atoms. The number of hydrogen-bond acceptors (Lipinski definition) is 4. The van der Waals surface area contributed by atoms with Gasteiger partial charge < -0.3 is 10.5 Å². The Kier molecular flexibility index (Phi) is 3.66. The number of methoxy groups -OCH3 is 1. The predicted octanol–water partition coefficient (Wildman–Crippen LogP) is 3.87. The zero-order valence-electron chi connectivity index (χ0n) is 14.5. The number of amidine groups is 1. The molecule has 128 valence electrons. The van der Waals surface area contributed by atoms with Crippen molar-refractivity contribution < 1.29 is 4.74 Å². The molecule has 0 amide bonds. The number of halogens is 1. The summed E-state index contributed by atoms with van der Waals surface area (Å²) in [7, 11) is 1.82. The summed E-state index contributed by atoms with van der Waals surface area (Å²) in [5.74, 6) is 0.591. The molecular formula is C19H24BrN3O. The second kappa shape index (κ2) is 5.40. The molecule has 1 heterocycles. The van der Waals surface area contributed by atoms with E-state index < -0.39 is 5.66 Å². The summed E-state index contributed by atoms with van der Waals surface area (Å²) >= 11 is 3.69. The van der Waals surface area contributed by atoms with Gasteiger partial charge in [0.15, 0.2) is 5.66 Å². The topological polar surface area (TPSA) is 60.0 Å². The van der Waals surface area contributed by atoms with Crippen LogP contribution in [-0.2, 0) is 16.8 Å². The molecule has 1 saturated carbocycles. The van der Waals surface area contributed by atoms with Gasteiger partial charge >= 0.3 is 0 Å². The highest BCUT2D eigenvalue weighted by molar-refractivity contribution is 9.10. The van der Waals surface area contributed by atoms with Crippen LogP contribution in [0.4, 0.5) is 0 Å². The highest BCUT2D eigenvalue weighted by Crippen LogP contribution is 2.62. The van der Waals surface area contributed by atoms with Crippen LogP contribution < -0.4 is 5.73 Å². The van der Waals surface area contributed by atoms with Crippen LogP contribution >= 0.6 is 15.9 Å². The fraction of sp³-hybridized carbons (Fsp3) is 0.579. The minimum absolute atomic E-state index is 0.0278. The molecule has 1 atom stereocenters. The average molecular weight is 390 g/mol. The lowest BCUT2D eigenvalue weighted by molar-refractivity contribution is -0.000382. The van der Waals surface area contributed by atoms with E-state index in [1.54, 1.807) is 0 Å². The molecule has 0 bridgehead atoms. The first kappa shape index (κ1) is 16.3. The van der Waals surface area contributed by atoms with E-state index in [0.29, 0.717) is 11.9 Å². The number of fused-ring (bicyclic) bond motifs is 3. The number of nitrogens with two attached hydrogens (primary N) is 1. The van der Waals surface area contributed by atoms with E-state index in [4.69, 9.17) is 20.5 Å². The largest absolute Gasteiger partial charge is 0.382 e. The standard InChI is InChI=1S/C19H24BrN3O/c1-11-8-13-10-18(6-4-14(24-3)5-7-18)19(15(13)9-16(11)20)22-12(2)17(21)23-19/h8-9,14H,4-7,10H2,1-3H3,(H2,21,23)/t14-,18-,19?. The van der Waals surface area contributed by atoms with Gasteiger partial charge in [-0.1, -0.05) is 22.0 Å². The van der Waals surface area contributed by atoms with Crippen LogP contribution in [0.1, 0.15) is 49.3 Å². The number of rotatable bonds is 1. The highest BCUT2D eigenvalue weighted by Gasteiger charge is 2.60. The van der Waals surface area contributed by atoms with Crippen LogP contribution in [-0.4, -0.2) is 24.8 Å². The van der Waals surface area contributed by atoms with E-state index in [1.165, 1.54) is 16.7 Å². The molecule has 0 radical (unpaired) electrons. The van der Waals surface area contributed by atoms with Crippen LogP contribution in [0.5, 0.6) is 0 Å². The van der Waals surface area contributed by atoms with Crippen molar-refractivity contribution in [2.24, 2.45) is 21.1 Å². The second-order valence-corrected chi connectivity index (χ2v) is 8.37. The Morgan fingerprint density at radius 1 is 1.21 bits per heavy atom. The van der Waals surface area contributed by atoms with Crippen molar-refractivity contribution in [1.29, 1.82) is 0 Å². The van der Waals surface area contributed by atoms with Gasteiger partial charge in [0, 0.05) is 22.6 Å². The monoisotopic (exact) mass is 389 g/mol. The average Bonchev–Trinajstić information content (AvgIpc) is 2.98. The third-order valence-corrected chi connectivity index (χ3v) is 7.09. The first-order chi connectivity index (χ1) is 11.4. The molecule has 0 saturated heterocycles. The molecular weight excluding hydrogens is 366 g/mol. The molecule has 3 aliphatic rings. The molecule has 1 fully saturated rings. The molecule has 4 nitrogen and oxygen atoms in total. The van der Waals surface area contributed by atoms with Crippen molar-refractivity contribution >= 4 is 27.5 Å². The molecule has 0 aromatic heterocycles. The Labute approximate surface area is 151 Å². The molecule has 5 heteroatoms. The van der Waals surface area contributed by atoms with Crippen molar-refractivity contribution in [3.05, 3.63) is 33.3 Å². The first-order valence-electron chi connectivity index (χ1n) is 8.65. The molecule has 1 unspecified atom stereocenters. The summed E-state index contributed by atoms with van der Waals surface area (Å²) in [5.41, 5.74) is 10.4. The highest BCUT2D eigenvalue weighted by atomic mass is 79.9. The number of aliphatic imine (C=N–C) groups is 2. The maximum Gasteiger partial charge on any atom is 0.184 e. The fourth-order valence-corrected chi connectivity index (χ4v) is 5.17. The van der Waals surface area contributed by atoms with Crippen LogP contribution in [0.2, 0.25) is 0 Å². The molecule has 2 aliphatic carbocycles. The minimum atomic E-state index is -0.536. The van der Waals surface area contributed by atoms with Gasteiger partial charge in [-0.15, -0.1) is 0 Å². The first-order valence-corrected chi connectivity index (χ1v) is 9.44. The quantitative estimate of drug-likeness (QED) is 0.791. The summed E-state index contributed by atoms with van der Waals surface area (Å²) in [5, 5.41) is 0. The number of benzene rings is 1. The van der Waals surface area contributed by atoms with Crippen molar-refractivity contribution in [3.63, 3.8) is 0 Å². The Morgan fingerprint density at radius 3 is 2.50 bits per heavy atom. The minimum Gasteiger partial charge on any atom is -0.382 e. The Bertz CT molecular complexity index is 742. The molecule has 2 N–H and O–H groups in total. The van der Waals surface area contributed by atoms with Crippen molar-refractivity contribution in [2.45, 2.75) is 57.7 Å².